The smallest absolute Gasteiger partial charge is 0.144 e. The lowest BCUT2D eigenvalue weighted by atomic mass is 10.3. The number of carbonyl (C=O) groups is 1. The number of hydrogen-bond acceptors (Lipinski definition) is 3. The molecule has 0 aromatic carbocycles. The van der Waals surface area contributed by atoms with Gasteiger partial charge in [0.25, 0.3) is 0 Å². The Hall–Kier alpha value is 0.880. The molecule has 0 bridgehead atoms. The molecule has 0 radical (unpaired) electrons. The second-order valence-electron chi connectivity index (χ2n) is 3.12. The van der Waals surface area contributed by atoms with Gasteiger partial charge in [-0.15, -0.1) is 0 Å². The fourth-order valence-electron chi connectivity index (χ4n) is 0.905. The number of rotatable bonds is 6. The van der Waals surface area contributed by atoms with Gasteiger partial charge >= 0.3 is 0 Å². The number of ketones is 1. The highest BCUT2D eigenvalue weighted by Gasteiger charge is 2.13. The van der Waals surface area contributed by atoms with Crippen LogP contribution in [-0.2, 0) is 4.79 Å². The molecule has 0 amide bonds. The van der Waals surface area contributed by atoms with Crippen LogP contribution in [0.1, 0.15) is 13.8 Å². The summed E-state index contributed by atoms with van der Waals surface area (Å²) >= 11 is 0. The third-order valence-corrected chi connectivity index (χ3v) is 4.63. The van der Waals surface area contributed by atoms with Crippen LogP contribution in [-0.4, -0.2) is 36.6 Å². The van der Waals surface area contributed by atoms with Gasteiger partial charge in [0.1, 0.15) is 5.78 Å². The van der Waals surface area contributed by atoms with Gasteiger partial charge in [0.2, 0.25) is 0 Å². The van der Waals surface area contributed by atoms with Gasteiger partial charge in [-0.1, -0.05) is 17.9 Å². The maximum atomic E-state index is 11.0. The van der Waals surface area contributed by atoms with Gasteiger partial charge in [-0.25, -0.2) is 0 Å². The molecule has 1 N–H and O–H groups in total. The van der Waals surface area contributed by atoms with Crippen molar-refractivity contribution in [3.05, 3.63) is 0 Å². The van der Waals surface area contributed by atoms with Crippen LogP contribution in [0.3, 0.4) is 0 Å². The summed E-state index contributed by atoms with van der Waals surface area (Å²) in [5, 5.41) is 3.16. The van der Waals surface area contributed by atoms with E-state index in [2.05, 4.69) is 34.8 Å². The summed E-state index contributed by atoms with van der Waals surface area (Å²) in [6, 6.07) is 0.422. The molecule has 0 aliphatic heterocycles. The Morgan fingerprint density at radius 2 is 2.15 bits per heavy atom. The van der Waals surface area contributed by atoms with E-state index in [1.807, 2.05) is 7.05 Å². The molecular weight excluding hydrogens is 221 g/mol. The molecule has 0 aromatic rings. The van der Waals surface area contributed by atoms with E-state index < -0.39 is 0 Å². The van der Waals surface area contributed by atoms with Gasteiger partial charge in [0.05, 0.1) is 6.54 Å². The predicted octanol–water partition coefficient (Wildman–Crippen LogP) is 1.46. The molecule has 3 unspecified atom stereocenters. The first kappa shape index (κ1) is 13.9. The van der Waals surface area contributed by atoms with Crippen LogP contribution in [0.4, 0.5) is 0 Å². The molecule has 0 saturated carbocycles. The Bertz CT molecular complexity index is 166. The van der Waals surface area contributed by atoms with E-state index in [-0.39, 0.29) is 13.2 Å². The van der Waals surface area contributed by atoms with Crippen LogP contribution in [0.15, 0.2) is 0 Å². The van der Waals surface area contributed by atoms with Crippen LogP contribution >= 0.6 is 25.3 Å². The zero-order valence-corrected chi connectivity index (χ0v) is 11.7. The molecule has 0 aliphatic carbocycles. The minimum absolute atomic E-state index is 0.223. The van der Waals surface area contributed by atoms with Crippen LogP contribution < -0.4 is 5.32 Å². The highest BCUT2D eigenvalue weighted by Crippen LogP contribution is 2.55. The average molecular weight is 240 g/mol. The summed E-state index contributed by atoms with van der Waals surface area (Å²) < 4.78 is 2.17. The number of Topliss-reactive ketones (excluding diaryl/α,β-unsaturated/α-hetero) is 1. The molecular formula is C7H19N2OP3. The summed E-state index contributed by atoms with van der Waals surface area (Å²) in [6.07, 6.45) is 0. The fraction of sp³-hybridized carbons (Fsp3) is 0.857. The quantitative estimate of drug-likeness (QED) is 0.713. The predicted molar refractivity (Wildman–Crippen MR) is 67.1 cm³/mol. The second kappa shape index (κ2) is 7.21. The van der Waals surface area contributed by atoms with E-state index in [9.17, 15) is 4.79 Å². The molecule has 0 fully saturated rings. The van der Waals surface area contributed by atoms with Crippen molar-refractivity contribution in [1.29, 1.82) is 0 Å². The molecule has 78 valence electrons. The minimum Gasteiger partial charge on any atom is -0.316 e. The fourth-order valence-corrected chi connectivity index (χ4v) is 2.76. The SMILES string of the molecule is CNC(C)CN(CC(C)=O)P(P)P. The topological polar surface area (TPSA) is 32.3 Å². The van der Waals surface area contributed by atoms with Crippen LogP contribution in [0.25, 0.3) is 0 Å². The maximum absolute atomic E-state index is 11.0. The van der Waals surface area contributed by atoms with E-state index >= 15 is 0 Å². The first-order chi connectivity index (χ1) is 5.97. The molecule has 0 spiro atoms. The highest BCUT2D eigenvalue weighted by molar-refractivity contribution is 8.42. The van der Waals surface area contributed by atoms with E-state index in [1.54, 1.807) is 6.92 Å². The molecule has 6 heteroatoms. The third-order valence-electron chi connectivity index (χ3n) is 1.71. The van der Waals surface area contributed by atoms with Gasteiger partial charge in [-0.3, -0.25) is 9.46 Å². The van der Waals surface area contributed by atoms with Crippen molar-refractivity contribution in [1.82, 2.24) is 9.99 Å². The number of nitrogens with zero attached hydrogens (tertiary/aromatic N) is 1. The van der Waals surface area contributed by atoms with Crippen molar-refractivity contribution in [2.45, 2.75) is 19.9 Å². The number of likely N-dealkylation sites (N-methyl/N-ethyl adjacent to an activating group) is 1. The first-order valence-electron chi connectivity index (χ1n) is 4.18. The Kier molecular flexibility index (Phi) is 7.70. The Morgan fingerprint density at radius 1 is 1.62 bits per heavy atom. The molecule has 3 atom stereocenters. The van der Waals surface area contributed by atoms with Crippen molar-refractivity contribution < 1.29 is 4.79 Å². The lowest BCUT2D eigenvalue weighted by Crippen LogP contribution is -2.35. The lowest BCUT2D eigenvalue weighted by molar-refractivity contribution is -0.117. The summed E-state index contributed by atoms with van der Waals surface area (Å²) in [5.41, 5.74) is 0. The Morgan fingerprint density at radius 3 is 2.46 bits per heavy atom. The van der Waals surface area contributed by atoms with Crippen molar-refractivity contribution in [2.24, 2.45) is 0 Å². The Balaban J connectivity index is 4.02. The van der Waals surface area contributed by atoms with Crippen molar-refractivity contribution in [3.8, 4) is 0 Å². The van der Waals surface area contributed by atoms with E-state index in [4.69, 9.17) is 0 Å². The summed E-state index contributed by atoms with van der Waals surface area (Å²) in [6.45, 7) is 5.20. The summed E-state index contributed by atoms with van der Waals surface area (Å²) in [7, 11) is 7.10. The zero-order valence-electron chi connectivity index (χ0n) is 8.45. The van der Waals surface area contributed by atoms with Gasteiger partial charge in [-0.2, -0.15) is 0 Å². The van der Waals surface area contributed by atoms with Crippen LogP contribution in [0, 0.1) is 0 Å². The Labute approximate surface area is 86.4 Å². The monoisotopic (exact) mass is 240 g/mol. The number of carbonyl (C=O) groups excluding carboxylic acids is 1. The van der Waals surface area contributed by atoms with Crippen molar-refractivity contribution >= 4 is 31.1 Å². The molecule has 0 rings (SSSR count). The van der Waals surface area contributed by atoms with Gasteiger partial charge in [-0.05, 0) is 20.9 Å². The van der Waals surface area contributed by atoms with Crippen molar-refractivity contribution in [2.75, 3.05) is 20.1 Å². The molecule has 0 saturated heterocycles. The first-order valence-corrected chi connectivity index (χ1v) is 8.71. The van der Waals surface area contributed by atoms with Crippen LogP contribution in [0.5, 0.6) is 0 Å². The zero-order chi connectivity index (χ0) is 10.4. The molecule has 3 nitrogen and oxygen atoms in total. The highest BCUT2D eigenvalue weighted by atomic mass is 32.4. The van der Waals surface area contributed by atoms with E-state index in [0.717, 1.165) is 6.54 Å². The molecule has 0 aromatic heterocycles. The number of hydrogen-bond donors (Lipinski definition) is 1. The second-order valence-corrected chi connectivity index (χ2v) is 9.41. The summed E-state index contributed by atoms with van der Waals surface area (Å²) in [5.74, 6) is 0.223. The third kappa shape index (κ3) is 6.89. The number of nitrogens with one attached hydrogen (secondary N) is 1. The lowest BCUT2D eigenvalue weighted by Gasteiger charge is -2.27. The van der Waals surface area contributed by atoms with Gasteiger partial charge in [0.15, 0.2) is 0 Å². The largest absolute Gasteiger partial charge is 0.316 e. The normalized spacial score (nSPS) is 13.8. The molecule has 13 heavy (non-hydrogen) atoms. The average Bonchev–Trinajstić information content (AvgIpc) is 2.02. The van der Waals surface area contributed by atoms with Crippen LogP contribution in [0.2, 0.25) is 0 Å². The standard InChI is InChI=1S/C7H19N2OP3/c1-6(8-3)4-9(13(11)12)5-7(2)10/h6,8H,4-5,11-12H2,1-3H3. The van der Waals surface area contributed by atoms with Crippen molar-refractivity contribution in [3.63, 3.8) is 0 Å². The van der Waals surface area contributed by atoms with Gasteiger partial charge in [0, 0.05) is 20.0 Å². The van der Waals surface area contributed by atoms with Gasteiger partial charge < -0.3 is 5.32 Å². The van der Waals surface area contributed by atoms with E-state index in [1.165, 1.54) is 0 Å². The van der Waals surface area contributed by atoms with E-state index in [0.29, 0.717) is 12.6 Å². The maximum Gasteiger partial charge on any atom is 0.144 e. The minimum atomic E-state index is -0.329. The summed E-state index contributed by atoms with van der Waals surface area (Å²) in [4.78, 5) is 11.0. The molecule has 0 aliphatic rings. The molecule has 0 heterocycles.